The number of hydrogen-bond acceptors (Lipinski definition) is 3. The van der Waals surface area contributed by atoms with Crippen LogP contribution >= 0.6 is 0 Å². The van der Waals surface area contributed by atoms with Gasteiger partial charge in [0.1, 0.15) is 5.82 Å². The Bertz CT molecular complexity index is 662. The molecule has 2 unspecified atom stereocenters. The van der Waals surface area contributed by atoms with E-state index < -0.39 is 23.6 Å². The normalized spacial score (nSPS) is 19.9. The van der Waals surface area contributed by atoms with Crippen molar-refractivity contribution in [2.75, 3.05) is 13.1 Å². The lowest BCUT2D eigenvalue weighted by atomic mass is 9.81. The van der Waals surface area contributed by atoms with E-state index in [0.29, 0.717) is 24.8 Å². The van der Waals surface area contributed by atoms with Crippen LogP contribution in [0.15, 0.2) is 18.2 Å². The zero-order valence-corrected chi connectivity index (χ0v) is 14.2. The molecule has 0 aromatic heterocycles. The van der Waals surface area contributed by atoms with Gasteiger partial charge in [-0.15, -0.1) is 0 Å². The zero-order chi connectivity index (χ0) is 18.4. The van der Waals surface area contributed by atoms with E-state index in [2.05, 4.69) is 10.6 Å². The van der Waals surface area contributed by atoms with E-state index in [0.717, 1.165) is 6.42 Å². The lowest BCUT2D eigenvalue weighted by Crippen LogP contribution is -2.39. The number of amides is 2. The van der Waals surface area contributed by atoms with Crippen molar-refractivity contribution in [2.24, 2.45) is 11.8 Å². The average molecular weight is 350 g/mol. The van der Waals surface area contributed by atoms with Gasteiger partial charge in [0.25, 0.3) is 5.91 Å². The highest BCUT2D eigenvalue weighted by molar-refractivity contribution is 5.94. The van der Waals surface area contributed by atoms with Crippen molar-refractivity contribution in [3.63, 3.8) is 0 Å². The maximum atomic E-state index is 13.4. The zero-order valence-electron chi connectivity index (χ0n) is 14.2. The van der Waals surface area contributed by atoms with Crippen LogP contribution in [-0.2, 0) is 9.59 Å². The molecule has 0 heterocycles. The Kier molecular flexibility index (Phi) is 6.50. The summed E-state index contributed by atoms with van der Waals surface area (Å²) in [5.74, 6) is -2.63. The minimum atomic E-state index is -0.852. The molecule has 0 saturated heterocycles. The second-order valence-electron chi connectivity index (χ2n) is 6.41. The van der Waals surface area contributed by atoms with Gasteiger partial charge < -0.3 is 15.7 Å². The number of aryl methyl sites for hydroxylation is 1. The predicted molar refractivity (Wildman–Crippen MR) is 89.6 cm³/mol. The number of aliphatic carboxylic acids is 1. The summed E-state index contributed by atoms with van der Waals surface area (Å²) in [5.41, 5.74) is 0.696. The number of carbonyl (C=O) groups excluding carboxylic acids is 2. The van der Waals surface area contributed by atoms with Crippen LogP contribution in [0, 0.1) is 24.6 Å². The fourth-order valence-electron chi connectivity index (χ4n) is 2.99. The minimum absolute atomic E-state index is 0.179. The maximum Gasteiger partial charge on any atom is 0.306 e. The van der Waals surface area contributed by atoms with Crippen LogP contribution in [0.25, 0.3) is 0 Å². The second kappa shape index (κ2) is 8.60. The van der Waals surface area contributed by atoms with Gasteiger partial charge in [-0.1, -0.05) is 12.5 Å². The maximum absolute atomic E-state index is 13.4. The molecule has 0 radical (unpaired) electrons. The first-order valence-electron chi connectivity index (χ1n) is 8.43. The van der Waals surface area contributed by atoms with Gasteiger partial charge in [-0.2, -0.15) is 0 Å². The quantitative estimate of drug-likeness (QED) is 0.683. The van der Waals surface area contributed by atoms with Crippen LogP contribution in [-0.4, -0.2) is 36.0 Å². The molecule has 7 heteroatoms. The molecule has 0 spiro atoms. The van der Waals surface area contributed by atoms with Crippen LogP contribution in [0.4, 0.5) is 4.39 Å². The molecule has 1 aromatic carbocycles. The summed E-state index contributed by atoms with van der Waals surface area (Å²) in [7, 11) is 0. The topological polar surface area (TPSA) is 95.5 Å². The molecule has 136 valence electrons. The first-order valence-corrected chi connectivity index (χ1v) is 8.43. The Morgan fingerprint density at radius 3 is 2.52 bits per heavy atom. The van der Waals surface area contributed by atoms with Crippen molar-refractivity contribution < 1.29 is 23.9 Å². The highest BCUT2D eigenvalue weighted by Crippen LogP contribution is 2.29. The van der Waals surface area contributed by atoms with Crippen molar-refractivity contribution in [3.8, 4) is 0 Å². The molecule has 2 atom stereocenters. The third-order valence-corrected chi connectivity index (χ3v) is 4.54. The summed E-state index contributed by atoms with van der Waals surface area (Å²) in [4.78, 5) is 35.0. The number of carbonyl (C=O) groups is 3. The lowest BCUT2D eigenvalue weighted by Gasteiger charge is -2.25. The molecule has 1 saturated carbocycles. The Morgan fingerprint density at radius 2 is 1.84 bits per heavy atom. The van der Waals surface area contributed by atoms with Crippen LogP contribution < -0.4 is 10.6 Å². The average Bonchev–Trinajstić information content (AvgIpc) is 2.60. The molecule has 0 bridgehead atoms. The smallest absolute Gasteiger partial charge is 0.306 e. The summed E-state index contributed by atoms with van der Waals surface area (Å²) >= 11 is 0. The lowest BCUT2D eigenvalue weighted by molar-refractivity contribution is -0.144. The Hall–Kier alpha value is -2.44. The fourth-order valence-corrected chi connectivity index (χ4v) is 2.99. The van der Waals surface area contributed by atoms with E-state index >= 15 is 0 Å². The van der Waals surface area contributed by atoms with E-state index in [4.69, 9.17) is 5.11 Å². The van der Waals surface area contributed by atoms with Crippen molar-refractivity contribution in [2.45, 2.75) is 32.6 Å². The molecule has 2 amide bonds. The Morgan fingerprint density at radius 1 is 1.16 bits per heavy atom. The van der Waals surface area contributed by atoms with E-state index in [1.165, 1.54) is 12.1 Å². The van der Waals surface area contributed by atoms with Crippen molar-refractivity contribution in [1.82, 2.24) is 10.6 Å². The minimum Gasteiger partial charge on any atom is -0.481 e. The summed E-state index contributed by atoms with van der Waals surface area (Å²) in [6, 6.07) is 4.26. The molecule has 1 fully saturated rings. The Balaban J connectivity index is 1.73. The monoisotopic (exact) mass is 350 g/mol. The van der Waals surface area contributed by atoms with E-state index in [1.54, 1.807) is 13.0 Å². The highest BCUT2D eigenvalue weighted by Gasteiger charge is 2.30. The van der Waals surface area contributed by atoms with Gasteiger partial charge in [0.05, 0.1) is 5.92 Å². The number of carboxylic acids is 1. The van der Waals surface area contributed by atoms with Gasteiger partial charge in [-0.25, -0.2) is 4.39 Å². The molecule has 3 N–H and O–H groups in total. The number of hydrogen-bond donors (Lipinski definition) is 3. The summed E-state index contributed by atoms with van der Waals surface area (Å²) in [6.45, 7) is 2.08. The first-order chi connectivity index (χ1) is 11.9. The third kappa shape index (κ3) is 5.27. The fraction of sp³-hybridized carbons (Fsp3) is 0.500. The molecule has 2 rings (SSSR count). The third-order valence-electron chi connectivity index (χ3n) is 4.54. The molecular formula is C18H23FN2O4. The van der Waals surface area contributed by atoms with E-state index in [-0.39, 0.29) is 30.5 Å². The standard InChI is InChI=1S/C18H23FN2O4/c1-11-5-6-13(10-15(11)19)17(23)21-8-7-20-16(22)12-3-2-4-14(9-12)18(24)25/h5-6,10,12,14H,2-4,7-9H2,1H3,(H,20,22)(H,21,23)(H,24,25). The molecule has 1 aliphatic carbocycles. The van der Waals surface area contributed by atoms with E-state index in [9.17, 15) is 18.8 Å². The van der Waals surface area contributed by atoms with Gasteiger partial charge >= 0.3 is 5.97 Å². The molecular weight excluding hydrogens is 327 g/mol. The van der Waals surface area contributed by atoms with Gasteiger partial charge in [0, 0.05) is 24.6 Å². The summed E-state index contributed by atoms with van der Waals surface area (Å²) in [5, 5.41) is 14.4. The van der Waals surface area contributed by atoms with Crippen molar-refractivity contribution >= 4 is 17.8 Å². The van der Waals surface area contributed by atoms with Crippen LogP contribution in [0.1, 0.15) is 41.6 Å². The Labute approximate surface area is 145 Å². The molecule has 0 aliphatic heterocycles. The van der Waals surface area contributed by atoms with Crippen LogP contribution in [0.2, 0.25) is 0 Å². The van der Waals surface area contributed by atoms with Crippen LogP contribution in [0.3, 0.4) is 0 Å². The largest absolute Gasteiger partial charge is 0.481 e. The molecule has 25 heavy (non-hydrogen) atoms. The molecule has 6 nitrogen and oxygen atoms in total. The number of nitrogens with one attached hydrogen (secondary N) is 2. The summed E-state index contributed by atoms with van der Waals surface area (Å²) < 4.78 is 13.4. The number of halogens is 1. The van der Waals surface area contributed by atoms with Gasteiger partial charge in [0.2, 0.25) is 5.91 Å². The SMILES string of the molecule is Cc1ccc(C(=O)NCCNC(=O)C2CCCC(C(=O)O)C2)cc1F. The van der Waals surface area contributed by atoms with Crippen molar-refractivity contribution in [3.05, 3.63) is 35.1 Å². The predicted octanol–water partition coefficient (Wildman–Crippen LogP) is 1.87. The van der Waals surface area contributed by atoms with E-state index in [1.807, 2.05) is 0 Å². The number of carboxylic acid groups (broad SMARTS) is 1. The van der Waals surface area contributed by atoms with Gasteiger partial charge in [0.15, 0.2) is 0 Å². The molecule has 1 aliphatic rings. The van der Waals surface area contributed by atoms with Crippen LogP contribution in [0.5, 0.6) is 0 Å². The number of rotatable bonds is 6. The second-order valence-corrected chi connectivity index (χ2v) is 6.41. The molecule has 1 aromatic rings. The first kappa shape index (κ1) is 18.9. The number of benzene rings is 1. The highest BCUT2D eigenvalue weighted by atomic mass is 19.1. The van der Waals surface area contributed by atoms with Gasteiger partial charge in [-0.05, 0) is 43.9 Å². The van der Waals surface area contributed by atoms with Crippen molar-refractivity contribution in [1.29, 1.82) is 0 Å². The summed E-state index contributed by atoms with van der Waals surface area (Å²) in [6.07, 6.45) is 2.38. The van der Waals surface area contributed by atoms with Gasteiger partial charge in [-0.3, -0.25) is 14.4 Å².